The van der Waals surface area contributed by atoms with Crippen molar-refractivity contribution < 1.29 is 4.79 Å². The summed E-state index contributed by atoms with van der Waals surface area (Å²) in [6.07, 6.45) is 5.58. The summed E-state index contributed by atoms with van der Waals surface area (Å²) in [6, 6.07) is 15.6. The Hall–Kier alpha value is -3.32. The van der Waals surface area contributed by atoms with Crippen molar-refractivity contribution >= 4 is 28.7 Å². The van der Waals surface area contributed by atoms with E-state index in [1.165, 1.54) is 0 Å². The number of imidazole rings is 1. The number of carbonyl (C=O) groups excluding carboxylic acids is 1. The third kappa shape index (κ3) is 3.84. The average molecular weight is 449 g/mol. The number of amides is 2. The number of nitrogens with zero attached hydrogens (tertiary/aromatic N) is 5. The SMILES string of the molecule is CCn1c(C2CCCN2C(=O)NCc2cnn(-c3ccc(Cl)cc3)c2)nc2ccccc21. The summed E-state index contributed by atoms with van der Waals surface area (Å²) in [5.41, 5.74) is 3.95. The van der Waals surface area contributed by atoms with Gasteiger partial charge in [-0.05, 0) is 56.2 Å². The van der Waals surface area contributed by atoms with Gasteiger partial charge in [-0.3, -0.25) is 0 Å². The first kappa shape index (κ1) is 20.6. The van der Waals surface area contributed by atoms with Crippen molar-refractivity contribution in [3.8, 4) is 5.69 Å². The molecule has 1 N–H and O–H groups in total. The molecule has 0 spiro atoms. The monoisotopic (exact) mass is 448 g/mol. The minimum absolute atomic E-state index is 0.0147. The van der Waals surface area contributed by atoms with Crippen molar-refractivity contribution in [1.29, 1.82) is 0 Å². The molecule has 32 heavy (non-hydrogen) atoms. The van der Waals surface area contributed by atoms with Crippen LogP contribution in [0.2, 0.25) is 5.02 Å². The van der Waals surface area contributed by atoms with Crippen LogP contribution in [0.3, 0.4) is 0 Å². The lowest BCUT2D eigenvalue weighted by Crippen LogP contribution is -2.39. The van der Waals surface area contributed by atoms with Gasteiger partial charge in [0.15, 0.2) is 0 Å². The first-order valence-corrected chi connectivity index (χ1v) is 11.3. The molecule has 1 saturated heterocycles. The van der Waals surface area contributed by atoms with E-state index in [2.05, 4.69) is 28.0 Å². The van der Waals surface area contributed by atoms with Crippen molar-refractivity contribution in [3.05, 3.63) is 77.3 Å². The number of carbonyl (C=O) groups is 1. The van der Waals surface area contributed by atoms with E-state index in [9.17, 15) is 4.79 Å². The molecule has 1 aliphatic rings. The van der Waals surface area contributed by atoms with E-state index in [-0.39, 0.29) is 12.1 Å². The smallest absolute Gasteiger partial charge is 0.318 e. The first-order valence-electron chi connectivity index (χ1n) is 10.9. The summed E-state index contributed by atoms with van der Waals surface area (Å²) >= 11 is 5.96. The van der Waals surface area contributed by atoms with E-state index in [1.807, 2.05) is 53.6 Å². The van der Waals surface area contributed by atoms with Crippen LogP contribution in [0.1, 0.15) is 37.2 Å². The zero-order valence-corrected chi connectivity index (χ0v) is 18.7. The molecule has 7 nitrogen and oxygen atoms in total. The van der Waals surface area contributed by atoms with E-state index in [4.69, 9.17) is 16.6 Å². The van der Waals surface area contributed by atoms with Crippen LogP contribution in [0.15, 0.2) is 60.9 Å². The number of likely N-dealkylation sites (tertiary alicyclic amines) is 1. The highest BCUT2D eigenvalue weighted by Crippen LogP contribution is 2.33. The van der Waals surface area contributed by atoms with Crippen molar-refractivity contribution in [2.75, 3.05) is 6.54 Å². The Morgan fingerprint density at radius 3 is 2.81 bits per heavy atom. The van der Waals surface area contributed by atoms with Crippen LogP contribution in [0.4, 0.5) is 4.79 Å². The largest absolute Gasteiger partial charge is 0.334 e. The highest BCUT2D eigenvalue weighted by atomic mass is 35.5. The van der Waals surface area contributed by atoms with Crippen LogP contribution >= 0.6 is 11.6 Å². The molecule has 164 valence electrons. The van der Waals surface area contributed by atoms with Gasteiger partial charge in [-0.15, -0.1) is 0 Å². The number of para-hydroxylation sites is 2. The standard InChI is InChI=1S/C24H25ClN6O/c1-2-29-21-7-4-3-6-20(21)28-23(29)22-8-5-13-30(22)24(32)26-14-17-15-27-31(16-17)19-11-9-18(25)10-12-19/h3-4,6-7,9-12,15-16,22H,2,5,8,13-14H2,1H3,(H,26,32). The summed E-state index contributed by atoms with van der Waals surface area (Å²) < 4.78 is 4.00. The van der Waals surface area contributed by atoms with Crippen molar-refractivity contribution in [2.45, 2.75) is 38.9 Å². The van der Waals surface area contributed by atoms with Crippen LogP contribution in [-0.2, 0) is 13.1 Å². The van der Waals surface area contributed by atoms with Gasteiger partial charge in [0.1, 0.15) is 5.82 Å². The molecule has 1 aliphatic heterocycles. The number of hydrogen-bond donors (Lipinski definition) is 1. The summed E-state index contributed by atoms with van der Waals surface area (Å²) in [6.45, 7) is 4.09. The molecule has 0 aliphatic carbocycles. The van der Waals surface area contributed by atoms with Crippen LogP contribution in [0, 0.1) is 0 Å². The Morgan fingerprint density at radius 2 is 2.00 bits per heavy atom. The molecular weight excluding hydrogens is 424 g/mol. The molecule has 5 rings (SSSR count). The number of hydrogen-bond acceptors (Lipinski definition) is 3. The zero-order valence-electron chi connectivity index (χ0n) is 17.9. The normalized spacial score (nSPS) is 16.1. The van der Waals surface area contributed by atoms with Crippen molar-refractivity contribution in [3.63, 3.8) is 0 Å². The van der Waals surface area contributed by atoms with Gasteiger partial charge in [0.25, 0.3) is 0 Å². The Bertz CT molecular complexity index is 1250. The lowest BCUT2D eigenvalue weighted by atomic mass is 10.2. The Balaban J connectivity index is 1.29. The van der Waals surface area contributed by atoms with Gasteiger partial charge in [-0.2, -0.15) is 5.10 Å². The van der Waals surface area contributed by atoms with E-state index < -0.39 is 0 Å². The van der Waals surface area contributed by atoms with Crippen LogP contribution in [0.25, 0.3) is 16.7 Å². The Morgan fingerprint density at radius 1 is 1.19 bits per heavy atom. The first-order chi connectivity index (χ1) is 15.6. The fraction of sp³-hybridized carbons (Fsp3) is 0.292. The highest BCUT2D eigenvalue weighted by molar-refractivity contribution is 6.30. The van der Waals surface area contributed by atoms with Gasteiger partial charge in [0.05, 0.1) is 29.0 Å². The lowest BCUT2D eigenvalue weighted by molar-refractivity contribution is 0.189. The Kier molecular flexibility index (Phi) is 5.57. The van der Waals surface area contributed by atoms with E-state index in [0.29, 0.717) is 11.6 Å². The van der Waals surface area contributed by atoms with Gasteiger partial charge in [-0.25, -0.2) is 14.5 Å². The molecule has 4 aromatic rings. The molecule has 0 saturated carbocycles. The Labute approximate surface area is 191 Å². The average Bonchev–Trinajstić information content (AvgIpc) is 3.55. The minimum atomic E-state index is -0.0681. The van der Waals surface area contributed by atoms with Crippen LogP contribution in [0.5, 0.6) is 0 Å². The topological polar surface area (TPSA) is 68.0 Å². The van der Waals surface area contributed by atoms with E-state index >= 15 is 0 Å². The number of benzene rings is 2. The third-order valence-corrected chi connectivity index (χ3v) is 6.23. The summed E-state index contributed by atoms with van der Waals surface area (Å²) in [4.78, 5) is 19.9. The minimum Gasteiger partial charge on any atom is -0.334 e. The third-order valence-electron chi connectivity index (χ3n) is 5.98. The molecular formula is C24H25ClN6O. The van der Waals surface area contributed by atoms with Gasteiger partial charge in [0, 0.05) is 36.4 Å². The number of nitrogens with one attached hydrogen (secondary N) is 1. The molecule has 2 aromatic heterocycles. The maximum Gasteiger partial charge on any atom is 0.318 e. The highest BCUT2D eigenvalue weighted by Gasteiger charge is 2.33. The van der Waals surface area contributed by atoms with Gasteiger partial charge in [-0.1, -0.05) is 23.7 Å². The van der Waals surface area contributed by atoms with Gasteiger partial charge < -0.3 is 14.8 Å². The molecule has 2 aromatic carbocycles. The predicted molar refractivity (Wildman–Crippen MR) is 125 cm³/mol. The fourth-order valence-corrected chi connectivity index (χ4v) is 4.55. The summed E-state index contributed by atoms with van der Waals surface area (Å²) in [5.74, 6) is 0.969. The number of halogens is 1. The lowest BCUT2D eigenvalue weighted by Gasteiger charge is -2.25. The van der Waals surface area contributed by atoms with E-state index in [1.54, 1.807) is 10.9 Å². The maximum absolute atomic E-state index is 13.1. The molecule has 0 bridgehead atoms. The molecule has 1 fully saturated rings. The van der Waals surface area contributed by atoms with Crippen molar-refractivity contribution in [1.82, 2.24) is 29.5 Å². The summed E-state index contributed by atoms with van der Waals surface area (Å²) in [5, 5.41) is 8.14. The molecule has 2 amide bonds. The molecule has 0 radical (unpaired) electrons. The predicted octanol–water partition coefficient (Wildman–Crippen LogP) is 4.94. The number of fused-ring (bicyclic) bond motifs is 1. The fourth-order valence-electron chi connectivity index (χ4n) is 4.42. The quantitative estimate of drug-likeness (QED) is 0.470. The molecule has 3 heterocycles. The number of aryl methyl sites for hydroxylation is 1. The van der Waals surface area contributed by atoms with Gasteiger partial charge in [0.2, 0.25) is 0 Å². The number of aromatic nitrogens is 4. The second-order valence-corrected chi connectivity index (χ2v) is 8.42. The molecule has 1 unspecified atom stereocenters. The zero-order chi connectivity index (χ0) is 22.1. The second-order valence-electron chi connectivity index (χ2n) is 7.98. The van der Waals surface area contributed by atoms with Crippen molar-refractivity contribution in [2.24, 2.45) is 0 Å². The molecule has 1 atom stereocenters. The summed E-state index contributed by atoms with van der Waals surface area (Å²) in [7, 11) is 0. The number of rotatable bonds is 5. The molecule has 8 heteroatoms. The number of urea groups is 1. The van der Waals surface area contributed by atoms with Crippen LogP contribution in [-0.4, -0.2) is 36.8 Å². The van der Waals surface area contributed by atoms with E-state index in [0.717, 1.165) is 54.0 Å². The van der Waals surface area contributed by atoms with Gasteiger partial charge >= 0.3 is 6.03 Å². The maximum atomic E-state index is 13.1. The second kappa shape index (κ2) is 8.67. The van der Waals surface area contributed by atoms with Crippen LogP contribution < -0.4 is 5.32 Å².